The molecule has 12 heavy (non-hydrogen) atoms. The molecule has 64 valence electrons. The van der Waals surface area contributed by atoms with Crippen molar-refractivity contribution in [3.05, 3.63) is 26.8 Å². The van der Waals surface area contributed by atoms with Crippen LogP contribution in [0.15, 0.2) is 15.5 Å². The lowest BCUT2D eigenvalue weighted by molar-refractivity contribution is 0.701. The van der Waals surface area contributed by atoms with Gasteiger partial charge >= 0.3 is 0 Å². The maximum absolute atomic E-state index is 11.2. The van der Waals surface area contributed by atoms with Crippen LogP contribution >= 0.6 is 15.9 Å². The van der Waals surface area contributed by atoms with Crippen LogP contribution in [0, 0.1) is 0 Å². The lowest BCUT2D eigenvalue weighted by atomic mass is 10.1. The number of halogens is 1. The summed E-state index contributed by atoms with van der Waals surface area (Å²) in [4.78, 5) is 18.1. The first kappa shape index (κ1) is 7.98. The van der Waals surface area contributed by atoms with E-state index in [9.17, 15) is 4.79 Å². The van der Waals surface area contributed by atoms with Crippen LogP contribution in [-0.4, -0.2) is 9.97 Å². The molecule has 1 aliphatic carbocycles. The summed E-state index contributed by atoms with van der Waals surface area (Å²) in [5.74, 6) is 0.815. The fourth-order valence-corrected chi connectivity index (χ4v) is 1.31. The molecule has 0 atom stereocenters. The third-order valence-electron chi connectivity index (χ3n) is 2.33. The Morgan fingerprint density at radius 2 is 2.33 bits per heavy atom. The first-order valence-electron chi connectivity index (χ1n) is 3.87. The van der Waals surface area contributed by atoms with Crippen molar-refractivity contribution in [2.75, 3.05) is 0 Å². The highest BCUT2D eigenvalue weighted by Crippen LogP contribution is 2.45. The van der Waals surface area contributed by atoms with Gasteiger partial charge < -0.3 is 4.98 Å². The normalized spacial score (nSPS) is 19.2. The molecule has 1 aromatic rings. The molecule has 1 fully saturated rings. The van der Waals surface area contributed by atoms with Crippen molar-refractivity contribution in [3.63, 3.8) is 0 Å². The van der Waals surface area contributed by atoms with Gasteiger partial charge in [0.1, 0.15) is 10.3 Å². The van der Waals surface area contributed by atoms with E-state index >= 15 is 0 Å². The van der Waals surface area contributed by atoms with Crippen LogP contribution in [0.1, 0.15) is 25.6 Å². The molecular formula is C8H9BrN2O. The van der Waals surface area contributed by atoms with Crippen LogP contribution in [0.2, 0.25) is 0 Å². The van der Waals surface area contributed by atoms with Crippen LogP contribution in [-0.2, 0) is 5.41 Å². The van der Waals surface area contributed by atoms with Crippen LogP contribution in [0.4, 0.5) is 0 Å². The largest absolute Gasteiger partial charge is 0.309 e. The van der Waals surface area contributed by atoms with Crippen LogP contribution < -0.4 is 5.56 Å². The van der Waals surface area contributed by atoms with Gasteiger partial charge in [-0.05, 0) is 28.8 Å². The third kappa shape index (κ3) is 1.20. The highest BCUT2D eigenvalue weighted by atomic mass is 79.9. The zero-order chi connectivity index (χ0) is 8.77. The third-order valence-corrected chi connectivity index (χ3v) is 2.89. The number of aromatic amines is 1. The molecule has 0 aliphatic heterocycles. The summed E-state index contributed by atoms with van der Waals surface area (Å²) in [5.41, 5.74) is 0.0491. The summed E-state index contributed by atoms with van der Waals surface area (Å²) < 4.78 is 0.496. The number of nitrogens with one attached hydrogen (secondary N) is 1. The molecule has 0 spiro atoms. The van der Waals surface area contributed by atoms with E-state index in [-0.39, 0.29) is 11.0 Å². The lowest BCUT2D eigenvalue weighted by Gasteiger charge is -2.05. The summed E-state index contributed by atoms with van der Waals surface area (Å²) in [6.45, 7) is 2.11. The Bertz CT molecular complexity index is 368. The van der Waals surface area contributed by atoms with Crippen molar-refractivity contribution in [1.29, 1.82) is 0 Å². The summed E-state index contributed by atoms with van der Waals surface area (Å²) in [7, 11) is 0. The summed E-state index contributed by atoms with van der Waals surface area (Å²) >= 11 is 3.11. The van der Waals surface area contributed by atoms with E-state index in [0.29, 0.717) is 4.47 Å². The molecule has 0 saturated heterocycles. The van der Waals surface area contributed by atoms with Crippen molar-refractivity contribution >= 4 is 15.9 Å². The summed E-state index contributed by atoms with van der Waals surface area (Å²) in [6, 6.07) is 0. The number of H-pyrrole nitrogens is 1. The topological polar surface area (TPSA) is 45.8 Å². The van der Waals surface area contributed by atoms with Crippen LogP contribution in [0.3, 0.4) is 0 Å². The minimum absolute atomic E-state index is 0.0897. The minimum atomic E-state index is -0.0897. The monoisotopic (exact) mass is 228 g/mol. The van der Waals surface area contributed by atoms with Crippen LogP contribution in [0.5, 0.6) is 0 Å². The molecule has 0 aromatic carbocycles. The van der Waals surface area contributed by atoms with Gasteiger partial charge in [0.15, 0.2) is 0 Å². The Balaban J connectivity index is 2.48. The van der Waals surface area contributed by atoms with Gasteiger partial charge in [-0.15, -0.1) is 0 Å². The van der Waals surface area contributed by atoms with Gasteiger partial charge in [-0.3, -0.25) is 4.79 Å². The molecule has 0 amide bonds. The molecule has 1 saturated carbocycles. The first-order valence-corrected chi connectivity index (χ1v) is 4.66. The second-order valence-corrected chi connectivity index (χ2v) is 4.32. The van der Waals surface area contributed by atoms with Crippen molar-refractivity contribution in [2.45, 2.75) is 25.2 Å². The standard InChI is InChI=1S/C8H9BrN2O/c1-8(2-3-8)7-10-4-5(9)6(12)11-7/h4H,2-3H2,1H3,(H,10,11,12). The molecule has 3 nitrogen and oxygen atoms in total. The van der Waals surface area contributed by atoms with Crippen molar-refractivity contribution < 1.29 is 0 Å². The summed E-state index contributed by atoms with van der Waals surface area (Å²) in [6.07, 6.45) is 3.81. The van der Waals surface area contributed by atoms with E-state index in [1.54, 1.807) is 6.20 Å². The number of aromatic nitrogens is 2. The number of hydrogen-bond donors (Lipinski definition) is 1. The molecule has 2 rings (SSSR count). The van der Waals surface area contributed by atoms with E-state index in [1.165, 1.54) is 0 Å². The Labute approximate surface area is 78.4 Å². The molecular weight excluding hydrogens is 220 g/mol. The molecule has 0 unspecified atom stereocenters. The van der Waals surface area contributed by atoms with Crippen molar-refractivity contribution in [2.24, 2.45) is 0 Å². The Morgan fingerprint density at radius 3 is 2.83 bits per heavy atom. The molecule has 1 aliphatic rings. The second-order valence-electron chi connectivity index (χ2n) is 3.47. The highest BCUT2D eigenvalue weighted by Gasteiger charge is 2.41. The molecule has 0 radical (unpaired) electrons. The molecule has 4 heteroatoms. The second kappa shape index (κ2) is 2.42. The number of rotatable bonds is 1. The predicted molar refractivity (Wildman–Crippen MR) is 49.1 cm³/mol. The fraction of sp³-hybridized carbons (Fsp3) is 0.500. The van der Waals surface area contributed by atoms with Gasteiger partial charge in [-0.2, -0.15) is 0 Å². The van der Waals surface area contributed by atoms with Gasteiger partial charge in [0, 0.05) is 11.6 Å². The van der Waals surface area contributed by atoms with Gasteiger partial charge in [-0.25, -0.2) is 4.98 Å². The van der Waals surface area contributed by atoms with E-state index in [4.69, 9.17) is 0 Å². The Morgan fingerprint density at radius 1 is 1.67 bits per heavy atom. The van der Waals surface area contributed by atoms with Gasteiger partial charge in [0.2, 0.25) is 0 Å². The highest BCUT2D eigenvalue weighted by molar-refractivity contribution is 9.10. The maximum Gasteiger partial charge on any atom is 0.265 e. The molecule has 1 N–H and O–H groups in total. The zero-order valence-electron chi connectivity index (χ0n) is 6.72. The lowest BCUT2D eigenvalue weighted by Crippen LogP contribution is -2.16. The van der Waals surface area contributed by atoms with E-state index in [1.807, 2.05) is 0 Å². The Kier molecular flexibility index (Phi) is 1.61. The molecule has 0 bridgehead atoms. The van der Waals surface area contributed by atoms with Crippen molar-refractivity contribution in [3.8, 4) is 0 Å². The first-order chi connectivity index (χ1) is 5.62. The smallest absolute Gasteiger partial charge is 0.265 e. The minimum Gasteiger partial charge on any atom is -0.309 e. The number of hydrogen-bond acceptors (Lipinski definition) is 2. The maximum atomic E-state index is 11.2. The Hall–Kier alpha value is -0.640. The van der Waals surface area contributed by atoms with Gasteiger partial charge in [0.25, 0.3) is 5.56 Å². The quantitative estimate of drug-likeness (QED) is 0.794. The van der Waals surface area contributed by atoms with E-state index < -0.39 is 0 Å². The van der Waals surface area contributed by atoms with Gasteiger partial charge in [0.05, 0.1) is 0 Å². The predicted octanol–water partition coefficient (Wildman–Crippen LogP) is 1.58. The molecule has 1 aromatic heterocycles. The SMILES string of the molecule is CC1(c2ncc(Br)c(=O)[nH]2)CC1. The number of nitrogens with zero attached hydrogens (tertiary/aromatic N) is 1. The fourth-order valence-electron chi connectivity index (χ4n) is 1.11. The average molecular weight is 229 g/mol. The molecule has 1 heterocycles. The average Bonchev–Trinajstić information content (AvgIpc) is 2.75. The van der Waals surface area contributed by atoms with Crippen LogP contribution in [0.25, 0.3) is 0 Å². The van der Waals surface area contributed by atoms with Crippen molar-refractivity contribution in [1.82, 2.24) is 9.97 Å². The zero-order valence-corrected chi connectivity index (χ0v) is 8.31. The van der Waals surface area contributed by atoms with E-state index in [2.05, 4.69) is 32.8 Å². The van der Waals surface area contributed by atoms with E-state index in [0.717, 1.165) is 18.7 Å². The van der Waals surface area contributed by atoms with Gasteiger partial charge in [-0.1, -0.05) is 6.92 Å². The summed E-state index contributed by atoms with van der Waals surface area (Å²) in [5, 5.41) is 0.